The van der Waals surface area contributed by atoms with Gasteiger partial charge >= 0.3 is 0 Å². The molecule has 6 heteroatoms. The molecule has 0 saturated heterocycles. The smallest absolute Gasteiger partial charge is 0.160 e. The van der Waals surface area contributed by atoms with E-state index < -0.39 is 0 Å². The van der Waals surface area contributed by atoms with Crippen LogP contribution in [0.3, 0.4) is 0 Å². The van der Waals surface area contributed by atoms with Crippen LogP contribution in [0.2, 0.25) is 0 Å². The molecule has 0 aliphatic heterocycles. The van der Waals surface area contributed by atoms with Crippen LogP contribution in [0.1, 0.15) is 0 Å². The molecule has 0 amide bonds. The Labute approximate surface area is 484 Å². The fourth-order valence-corrected chi connectivity index (χ4v) is 12.3. The standard InChI is InChI=1S/C78H48N6/c1-2-18-51(19-3-1)71-46-73(68-43-57-35-33-49-16-4-6-27-62(49)75(57)66-31-10-8-29-64(66)68)83-77(81-71)59-24-12-20-52(40-59)54-37-39-80-70(45-54)55-22-14-23-56(42-55)72-47-74(84-78(82-72)60-25-13-21-53(41-60)61-26-15-38-79-48-61)69-44-58-36-34-50-17-5-7-28-63(50)76(58)67-32-11-9-30-65(67)69/h1-48H. The molecule has 12 aromatic carbocycles. The molecule has 0 spiro atoms. The molecular weight excluding hydrogens is 1020 g/mol. The molecule has 6 nitrogen and oxygen atoms in total. The lowest BCUT2D eigenvalue weighted by Gasteiger charge is -2.15. The van der Waals surface area contributed by atoms with Crippen LogP contribution >= 0.6 is 0 Å². The molecular formula is C78H48N6. The van der Waals surface area contributed by atoms with Gasteiger partial charge in [-0.3, -0.25) is 9.97 Å². The monoisotopic (exact) mass is 1070 g/mol. The molecule has 16 aromatic rings. The van der Waals surface area contributed by atoms with Gasteiger partial charge in [0.1, 0.15) is 0 Å². The third-order valence-electron chi connectivity index (χ3n) is 16.4. The van der Waals surface area contributed by atoms with Gasteiger partial charge in [-0.15, -0.1) is 0 Å². The zero-order valence-corrected chi connectivity index (χ0v) is 45.4. The fraction of sp³-hybridized carbons (Fsp3) is 0. The first-order chi connectivity index (χ1) is 41.6. The third-order valence-corrected chi connectivity index (χ3v) is 16.4. The molecule has 0 aliphatic rings. The topological polar surface area (TPSA) is 77.3 Å². The van der Waals surface area contributed by atoms with Crippen LogP contribution in [0.5, 0.6) is 0 Å². The van der Waals surface area contributed by atoms with E-state index in [4.69, 9.17) is 24.9 Å². The van der Waals surface area contributed by atoms with Gasteiger partial charge in [0, 0.05) is 63.1 Å². The van der Waals surface area contributed by atoms with E-state index in [1.165, 1.54) is 48.5 Å². The van der Waals surface area contributed by atoms with Crippen LogP contribution in [-0.4, -0.2) is 29.9 Å². The lowest BCUT2D eigenvalue weighted by Crippen LogP contribution is -1.97. The molecule has 0 aliphatic carbocycles. The minimum atomic E-state index is 0.631. The number of nitrogens with zero attached hydrogens (tertiary/aromatic N) is 6. The molecule has 4 aromatic heterocycles. The summed E-state index contributed by atoms with van der Waals surface area (Å²) in [5.74, 6) is 1.28. The van der Waals surface area contributed by atoms with Crippen LogP contribution < -0.4 is 0 Å². The van der Waals surface area contributed by atoms with E-state index in [1.54, 1.807) is 6.20 Å². The van der Waals surface area contributed by atoms with Crippen LogP contribution in [0.4, 0.5) is 0 Å². The van der Waals surface area contributed by atoms with Gasteiger partial charge in [-0.25, -0.2) is 19.9 Å². The summed E-state index contributed by atoms with van der Waals surface area (Å²) in [6.07, 6.45) is 5.59. The van der Waals surface area contributed by atoms with Gasteiger partial charge in [0.2, 0.25) is 0 Å². The average Bonchev–Trinajstić information content (AvgIpc) is 1.80. The van der Waals surface area contributed by atoms with E-state index in [0.29, 0.717) is 11.6 Å². The van der Waals surface area contributed by atoms with E-state index in [9.17, 15) is 0 Å². The Bertz CT molecular complexity index is 5270. The van der Waals surface area contributed by atoms with E-state index in [1.807, 2.05) is 24.5 Å². The number of hydrogen-bond acceptors (Lipinski definition) is 6. The van der Waals surface area contributed by atoms with E-state index in [0.717, 1.165) is 106 Å². The Balaban J connectivity index is 0.797. The minimum Gasteiger partial charge on any atom is -0.264 e. The third kappa shape index (κ3) is 8.69. The number of aromatic nitrogens is 6. The Morgan fingerprint density at radius 1 is 0.214 bits per heavy atom. The molecule has 0 N–H and O–H groups in total. The Morgan fingerprint density at radius 3 is 1.20 bits per heavy atom. The van der Waals surface area contributed by atoms with E-state index in [2.05, 4.69) is 266 Å². The summed E-state index contributed by atoms with van der Waals surface area (Å²) < 4.78 is 0. The lowest BCUT2D eigenvalue weighted by atomic mass is 9.92. The molecule has 16 rings (SSSR count). The van der Waals surface area contributed by atoms with Crippen molar-refractivity contribution < 1.29 is 0 Å². The number of rotatable bonds is 9. The van der Waals surface area contributed by atoms with Crippen LogP contribution in [-0.2, 0) is 0 Å². The van der Waals surface area contributed by atoms with Gasteiger partial charge in [-0.1, -0.05) is 212 Å². The van der Waals surface area contributed by atoms with Crippen LogP contribution in [0, 0.1) is 0 Å². The van der Waals surface area contributed by atoms with Crippen LogP contribution in [0.25, 0.3) is 166 Å². The van der Waals surface area contributed by atoms with Crippen molar-refractivity contribution in [3.05, 3.63) is 292 Å². The summed E-state index contributed by atoms with van der Waals surface area (Å²) >= 11 is 0. The fourth-order valence-electron chi connectivity index (χ4n) is 12.3. The Morgan fingerprint density at radius 2 is 0.631 bits per heavy atom. The summed E-state index contributed by atoms with van der Waals surface area (Å²) in [5, 5.41) is 14.4. The highest BCUT2D eigenvalue weighted by Crippen LogP contribution is 2.42. The summed E-state index contributed by atoms with van der Waals surface area (Å²) in [7, 11) is 0. The number of benzene rings is 12. The zero-order valence-electron chi connectivity index (χ0n) is 45.4. The predicted octanol–water partition coefficient (Wildman–Crippen LogP) is 20.0. The maximum atomic E-state index is 5.43. The SMILES string of the molecule is c1ccc(-c2cc(-c3cc4ccc5ccccc5c4c4ccccc34)nc(-c3cccc(-c4ccnc(-c5cccc(-c6cc(-c7cc8ccc9ccccc9c8c8ccccc78)nc(-c7cccc(-c8cccnc8)c7)n6)c5)c4)c3)n2)cc1. The van der Waals surface area contributed by atoms with Gasteiger partial charge in [-0.2, -0.15) is 0 Å². The molecule has 0 saturated carbocycles. The van der Waals surface area contributed by atoms with Gasteiger partial charge in [0.25, 0.3) is 0 Å². The quantitative estimate of drug-likeness (QED) is 0.134. The lowest BCUT2D eigenvalue weighted by molar-refractivity contribution is 1.18. The first kappa shape index (κ1) is 48.6. The molecule has 0 bridgehead atoms. The first-order valence-corrected chi connectivity index (χ1v) is 28.3. The molecule has 390 valence electrons. The maximum absolute atomic E-state index is 5.43. The summed E-state index contributed by atoms with van der Waals surface area (Å²) in [4.78, 5) is 31.0. The minimum absolute atomic E-state index is 0.631. The molecule has 84 heavy (non-hydrogen) atoms. The zero-order chi connectivity index (χ0) is 55.5. The highest BCUT2D eigenvalue weighted by Gasteiger charge is 2.20. The van der Waals surface area contributed by atoms with Crippen molar-refractivity contribution >= 4 is 64.6 Å². The van der Waals surface area contributed by atoms with Crippen LogP contribution in [0.15, 0.2) is 292 Å². The second-order valence-electron chi connectivity index (χ2n) is 21.4. The average molecular weight is 1070 g/mol. The van der Waals surface area contributed by atoms with Gasteiger partial charge in [0.15, 0.2) is 11.6 Å². The van der Waals surface area contributed by atoms with Gasteiger partial charge in [-0.05, 0) is 142 Å². The Hall–Kier alpha value is -11.3. The first-order valence-electron chi connectivity index (χ1n) is 28.3. The second kappa shape index (κ2) is 20.3. The number of fused-ring (bicyclic) bond motifs is 10. The molecule has 0 atom stereocenters. The highest BCUT2D eigenvalue weighted by molar-refractivity contribution is 6.24. The molecule has 0 unspecified atom stereocenters. The van der Waals surface area contributed by atoms with Crippen molar-refractivity contribution in [1.82, 2.24) is 29.9 Å². The summed E-state index contributed by atoms with van der Waals surface area (Å²) in [6.45, 7) is 0. The van der Waals surface area contributed by atoms with Gasteiger partial charge < -0.3 is 0 Å². The normalized spacial score (nSPS) is 11.6. The van der Waals surface area contributed by atoms with E-state index in [-0.39, 0.29) is 0 Å². The van der Waals surface area contributed by atoms with Crippen molar-refractivity contribution in [3.8, 4) is 101 Å². The number of hydrogen-bond donors (Lipinski definition) is 0. The molecule has 4 heterocycles. The predicted molar refractivity (Wildman–Crippen MR) is 347 cm³/mol. The van der Waals surface area contributed by atoms with Gasteiger partial charge in [0.05, 0.1) is 28.5 Å². The molecule has 0 fully saturated rings. The van der Waals surface area contributed by atoms with Crippen molar-refractivity contribution in [2.24, 2.45) is 0 Å². The highest BCUT2D eigenvalue weighted by atomic mass is 14.9. The van der Waals surface area contributed by atoms with Crippen molar-refractivity contribution in [2.75, 3.05) is 0 Å². The Kier molecular flexibility index (Phi) is 11.8. The molecule has 0 radical (unpaired) electrons. The summed E-state index contributed by atoms with van der Waals surface area (Å²) in [5.41, 5.74) is 15.2. The van der Waals surface area contributed by atoms with Crippen molar-refractivity contribution in [3.63, 3.8) is 0 Å². The maximum Gasteiger partial charge on any atom is 0.160 e. The second-order valence-corrected chi connectivity index (χ2v) is 21.4. The van der Waals surface area contributed by atoms with E-state index >= 15 is 0 Å². The van der Waals surface area contributed by atoms with Crippen molar-refractivity contribution in [2.45, 2.75) is 0 Å². The largest absolute Gasteiger partial charge is 0.264 e. The van der Waals surface area contributed by atoms with Crippen molar-refractivity contribution in [1.29, 1.82) is 0 Å². The summed E-state index contributed by atoms with van der Waals surface area (Å²) in [6, 6.07) is 96.6. The number of pyridine rings is 2.